The zero-order valence-corrected chi connectivity index (χ0v) is 12.0. The van der Waals surface area contributed by atoms with E-state index in [0.29, 0.717) is 5.75 Å². The Hall–Kier alpha value is -0.870. The van der Waals surface area contributed by atoms with Gasteiger partial charge in [0.1, 0.15) is 5.75 Å². The molecule has 0 spiro atoms. The Bertz CT molecular complexity index is 447. The fraction of sp³-hybridized carbons (Fsp3) is 0.571. The summed E-state index contributed by atoms with van der Waals surface area (Å²) < 4.78 is 17.5. The molecule has 1 saturated heterocycles. The smallest absolute Gasteiger partial charge is 0.123 e. The van der Waals surface area contributed by atoms with Crippen LogP contribution in [-0.2, 0) is 10.8 Å². The van der Waals surface area contributed by atoms with Crippen molar-refractivity contribution in [1.82, 2.24) is 5.32 Å². The molecule has 3 unspecified atom stereocenters. The van der Waals surface area contributed by atoms with E-state index in [9.17, 15) is 4.21 Å². The summed E-state index contributed by atoms with van der Waals surface area (Å²) in [4.78, 5) is 0. The summed E-state index contributed by atoms with van der Waals surface area (Å²) in [6.45, 7) is 5.04. The van der Waals surface area contributed by atoms with E-state index in [-0.39, 0.29) is 11.3 Å². The number of benzene rings is 1. The van der Waals surface area contributed by atoms with E-state index < -0.39 is 10.8 Å². The molecule has 2 rings (SSSR count). The minimum absolute atomic E-state index is 0.130. The van der Waals surface area contributed by atoms with Gasteiger partial charge in [-0.05, 0) is 26.0 Å². The molecule has 0 aliphatic carbocycles. The molecule has 0 saturated carbocycles. The van der Waals surface area contributed by atoms with E-state index in [2.05, 4.69) is 25.2 Å². The minimum atomic E-state index is -0.768. The molecule has 1 aromatic rings. The van der Waals surface area contributed by atoms with Gasteiger partial charge >= 0.3 is 0 Å². The maximum absolute atomic E-state index is 12.1. The molecular formula is C14H21NO2S. The fourth-order valence-corrected chi connectivity index (χ4v) is 3.64. The van der Waals surface area contributed by atoms with Crippen LogP contribution in [0.1, 0.15) is 30.5 Å². The fourth-order valence-electron chi connectivity index (χ4n) is 2.31. The van der Waals surface area contributed by atoms with Gasteiger partial charge in [-0.1, -0.05) is 24.6 Å². The van der Waals surface area contributed by atoms with Gasteiger partial charge in [-0.15, -0.1) is 0 Å². The van der Waals surface area contributed by atoms with Crippen LogP contribution in [-0.4, -0.2) is 28.9 Å². The molecule has 1 aliphatic heterocycles. The van der Waals surface area contributed by atoms with Crippen molar-refractivity contribution in [1.29, 1.82) is 0 Å². The van der Waals surface area contributed by atoms with Crippen LogP contribution < -0.4 is 10.1 Å². The Kier molecular flexibility index (Phi) is 4.40. The van der Waals surface area contributed by atoms with Crippen LogP contribution in [0.15, 0.2) is 18.2 Å². The molecule has 1 heterocycles. The van der Waals surface area contributed by atoms with Gasteiger partial charge in [-0.3, -0.25) is 4.21 Å². The van der Waals surface area contributed by atoms with E-state index >= 15 is 0 Å². The third-order valence-electron chi connectivity index (χ3n) is 3.48. The Balaban J connectivity index is 2.29. The van der Waals surface area contributed by atoms with E-state index in [4.69, 9.17) is 4.74 Å². The molecule has 100 valence electrons. The Morgan fingerprint density at radius 3 is 2.94 bits per heavy atom. The van der Waals surface area contributed by atoms with Crippen LogP contribution in [0, 0.1) is 6.92 Å². The van der Waals surface area contributed by atoms with Crippen LogP contribution in [0.2, 0.25) is 0 Å². The molecule has 3 nitrogen and oxygen atoms in total. The lowest BCUT2D eigenvalue weighted by Gasteiger charge is -2.19. The van der Waals surface area contributed by atoms with Crippen LogP contribution in [0.25, 0.3) is 0 Å². The highest BCUT2D eigenvalue weighted by atomic mass is 32.2. The molecule has 4 heteroatoms. The molecule has 0 aromatic heterocycles. The minimum Gasteiger partial charge on any atom is -0.496 e. The Morgan fingerprint density at radius 2 is 2.22 bits per heavy atom. The van der Waals surface area contributed by atoms with Gasteiger partial charge in [0.2, 0.25) is 0 Å². The average molecular weight is 267 g/mol. The van der Waals surface area contributed by atoms with Gasteiger partial charge < -0.3 is 10.1 Å². The maximum atomic E-state index is 12.1. The van der Waals surface area contributed by atoms with Crippen LogP contribution >= 0.6 is 0 Å². The number of nitrogens with one attached hydrogen (secondary N) is 1. The second kappa shape index (κ2) is 5.85. The molecule has 1 aromatic carbocycles. The maximum Gasteiger partial charge on any atom is 0.123 e. The van der Waals surface area contributed by atoms with E-state index in [1.807, 2.05) is 12.1 Å². The number of ether oxygens (including phenoxy) is 1. The Morgan fingerprint density at radius 1 is 1.44 bits per heavy atom. The first kappa shape index (κ1) is 13.6. The highest BCUT2D eigenvalue weighted by Crippen LogP contribution is 2.28. The Labute approximate surface area is 111 Å². The van der Waals surface area contributed by atoms with Crippen molar-refractivity contribution in [2.45, 2.75) is 31.6 Å². The van der Waals surface area contributed by atoms with Crippen molar-refractivity contribution in [2.75, 3.05) is 19.4 Å². The number of aryl methyl sites for hydroxylation is 1. The first-order valence-corrected chi connectivity index (χ1v) is 7.75. The second-order valence-corrected chi connectivity index (χ2v) is 6.80. The second-order valence-electron chi connectivity index (χ2n) is 4.90. The zero-order valence-electron chi connectivity index (χ0n) is 11.2. The summed E-state index contributed by atoms with van der Waals surface area (Å²) in [5, 5.41) is 3.76. The van der Waals surface area contributed by atoms with Gasteiger partial charge in [0.05, 0.1) is 7.11 Å². The SMILES string of the molecule is COc1ccc(C)cc1C1CS(=O)C(C)CCN1. The molecule has 0 amide bonds. The summed E-state index contributed by atoms with van der Waals surface area (Å²) in [5.41, 5.74) is 2.33. The van der Waals surface area contributed by atoms with Crippen molar-refractivity contribution < 1.29 is 8.95 Å². The molecule has 3 atom stereocenters. The average Bonchev–Trinajstić information content (AvgIpc) is 2.52. The van der Waals surface area contributed by atoms with Crippen molar-refractivity contribution in [3.8, 4) is 5.75 Å². The summed E-state index contributed by atoms with van der Waals surface area (Å²) in [6.07, 6.45) is 0.969. The van der Waals surface area contributed by atoms with Gasteiger partial charge in [0, 0.05) is 33.4 Å². The number of hydrogen-bond donors (Lipinski definition) is 1. The van der Waals surface area contributed by atoms with Gasteiger partial charge in [0.15, 0.2) is 0 Å². The summed E-state index contributed by atoms with van der Waals surface area (Å²) >= 11 is 0. The number of methoxy groups -OCH3 is 1. The lowest BCUT2D eigenvalue weighted by atomic mass is 10.0. The highest BCUT2D eigenvalue weighted by Gasteiger charge is 2.24. The summed E-state index contributed by atoms with van der Waals surface area (Å²) in [6, 6.07) is 6.29. The van der Waals surface area contributed by atoms with Gasteiger partial charge in [-0.25, -0.2) is 0 Å². The normalized spacial score (nSPS) is 28.7. The lowest BCUT2D eigenvalue weighted by Crippen LogP contribution is -2.24. The van der Waals surface area contributed by atoms with Crippen molar-refractivity contribution in [3.05, 3.63) is 29.3 Å². The topological polar surface area (TPSA) is 38.3 Å². The number of rotatable bonds is 2. The van der Waals surface area contributed by atoms with E-state index in [1.54, 1.807) is 7.11 Å². The van der Waals surface area contributed by atoms with Crippen molar-refractivity contribution in [3.63, 3.8) is 0 Å². The summed E-state index contributed by atoms with van der Waals surface area (Å²) in [7, 11) is 0.917. The largest absolute Gasteiger partial charge is 0.496 e. The van der Waals surface area contributed by atoms with Crippen LogP contribution in [0.5, 0.6) is 5.75 Å². The molecule has 0 radical (unpaired) electrons. The van der Waals surface area contributed by atoms with Crippen molar-refractivity contribution in [2.24, 2.45) is 0 Å². The first-order chi connectivity index (χ1) is 8.61. The molecule has 1 N–H and O–H groups in total. The van der Waals surface area contributed by atoms with Crippen LogP contribution in [0.4, 0.5) is 0 Å². The number of hydrogen-bond acceptors (Lipinski definition) is 3. The van der Waals surface area contributed by atoms with E-state index in [1.165, 1.54) is 5.56 Å². The molecule has 1 aliphatic rings. The predicted molar refractivity (Wildman–Crippen MR) is 75.6 cm³/mol. The molecule has 18 heavy (non-hydrogen) atoms. The third-order valence-corrected chi connectivity index (χ3v) is 5.28. The zero-order chi connectivity index (χ0) is 13.1. The summed E-state index contributed by atoms with van der Waals surface area (Å²) in [5.74, 6) is 1.55. The molecular weight excluding hydrogens is 246 g/mol. The highest BCUT2D eigenvalue weighted by molar-refractivity contribution is 7.85. The van der Waals surface area contributed by atoms with E-state index in [0.717, 1.165) is 24.3 Å². The third kappa shape index (κ3) is 2.93. The predicted octanol–water partition coefficient (Wildman–Crippen LogP) is 2.18. The van der Waals surface area contributed by atoms with Crippen LogP contribution in [0.3, 0.4) is 0 Å². The monoisotopic (exact) mass is 267 g/mol. The van der Waals surface area contributed by atoms with Gasteiger partial charge in [0.25, 0.3) is 0 Å². The quantitative estimate of drug-likeness (QED) is 0.892. The standard InChI is InChI=1S/C14H21NO2S/c1-10-4-5-14(17-3)12(8-10)13-9-18(16)11(2)6-7-15-13/h4-5,8,11,13,15H,6-7,9H2,1-3H3. The first-order valence-electron chi connectivity index (χ1n) is 6.37. The van der Waals surface area contributed by atoms with Gasteiger partial charge in [-0.2, -0.15) is 0 Å². The van der Waals surface area contributed by atoms with Crippen molar-refractivity contribution >= 4 is 10.8 Å². The molecule has 1 fully saturated rings. The lowest BCUT2D eigenvalue weighted by molar-refractivity contribution is 0.402. The molecule has 0 bridgehead atoms.